The van der Waals surface area contributed by atoms with Crippen molar-refractivity contribution in [2.24, 2.45) is 0 Å². The summed E-state index contributed by atoms with van der Waals surface area (Å²) in [6, 6.07) is 1.89. The molecule has 0 unspecified atom stereocenters. The first-order chi connectivity index (χ1) is 9.45. The lowest BCUT2D eigenvalue weighted by Gasteiger charge is -2.27. The van der Waals surface area contributed by atoms with Gasteiger partial charge < -0.3 is 9.64 Å². The molecular weight excluding hydrogens is 254 g/mol. The average Bonchev–Trinajstić information content (AvgIpc) is 2.43. The van der Waals surface area contributed by atoms with Crippen LogP contribution >= 0.6 is 0 Å². The summed E-state index contributed by atoms with van der Waals surface area (Å²) in [4.78, 5) is 25.6. The van der Waals surface area contributed by atoms with Crippen LogP contribution in [0.4, 0.5) is 0 Å². The van der Waals surface area contributed by atoms with Gasteiger partial charge in [0.1, 0.15) is 11.5 Å². The van der Waals surface area contributed by atoms with E-state index in [-0.39, 0.29) is 11.7 Å². The molecule has 4 heteroatoms. The van der Waals surface area contributed by atoms with Gasteiger partial charge >= 0.3 is 0 Å². The molecule has 1 aromatic carbocycles. The second kappa shape index (κ2) is 5.65. The predicted octanol–water partition coefficient (Wildman–Crippen LogP) is 2.43. The van der Waals surface area contributed by atoms with Crippen LogP contribution in [0.25, 0.3) is 0 Å². The molecule has 0 radical (unpaired) electrons. The second-order valence-electron chi connectivity index (χ2n) is 5.36. The van der Waals surface area contributed by atoms with Crippen molar-refractivity contribution in [2.45, 2.75) is 33.6 Å². The number of rotatable bonds is 2. The molecule has 20 heavy (non-hydrogen) atoms. The summed E-state index contributed by atoms with van der Waals surface area (Å²) in [6.07, 6.45) is 0.942. The highest BCUT2D eigenvalue weighted by atomic mass is 16.5. The molecule has 1 aromatic rings. The molecule has 0 spiro atoms. The van der Waals surface area contributed by atoms with E-state index in [0.717, 1.165) is 28.0 Å². The van der Waals surface area contributed by atoms with Crippen molar-refractivity contribution in [3.05, 3.63) is 28.3 Å². The normalized spacial score (nSPS) is 15.4. The van der Waals surface area contributed by atoms with Crippen molar-refractivity contribution in [1.82, 2.24) is 4.90 Å². The number of nitrogens with zero attached hydrogens (tertiary/aromatic N) is 1. The fourth-order valence-electron chi connectivity index (χ4n) is 2.72. The molecule has 0 saturated carbocycles. The molecule has 0 N–H and O–H groups in total. The quantitative estimate of drug-likeness (QED) is 0.832. The van der Waals surface area contributed by atoms with Gasteiger partial charge in [0.25, 0.3) is 5.91 Å². The number of likely N-dealkylation sites (tertiary alicyclic amines) is 1. The number of ketones is 1. The van der Waals surface area contributed by atoms with Gasteiger partial charge in [0.15, 0.2) is 0 Å². The van der Waals surface area contributed by atoms with Crippen LogP contribution in [0.1, 0.15) is 39.9 Å². The molecular formula is C16H21NO3. The Morgan fingerprint density at radius 3 is 2.30 bits per heavy atom. The van der Waals surface area contributed by atoms with Gasteiger partial charge in [0.05, 0.1) is 7.11 Å². The number of Topliss-reactive ketones (excluding diaryl/α,β-unsaturated/α-hetero) is 1. The van der Waals surface area contributed by atoms with Crippen molar-refractivity contribution >= 4 is 11.7 Å². The van der Waals surface area contributed by atoms with E-state index in [2.05, 4.69) is 0 Å². The summed E-state index contributed by atoms with van der Waals surface area (Å²) >= 11 is 0. The van der Waals surface area contributed by atoms with E-state index in [1.165, 1.54) is 0 Å². The Hall–Kier alpha value is -1.84. The zero-order chi connectivity index (χ0) is 14.9. The van der Waals surface area contributed by atoms with Crippen LogP contribution < -0.4 is 4.74 Å². The minimum atomic E-state index is 0.0175. The van der Waals surface area contributed by atoms with Crippen molar-refractivity contribution in [3.63, 3.8) is 0 Å². The Morgan fingerprint density at radius 1 is 1.15 bits per heavy atom. The lowest BCUT2D eigenvalue weighted by molar-refractivity contribution is -0.120. The number of hydrogen-bond donors (Lipinski definition) is 0. The average molecular weight is 275 g/mol. The van der Waals surface area contributed by atoms with Crippen LogP contribution in [0.5, 0.6) is 5.75 Å². The molecule has 1 saturated heterocycles. The molecule has 2 rings (SSSR count). The van der Waals surface area contributed by atoms with E-state index in [4.69, 9.17) is 4.74 Å². The SMILES string of the molecule is COc1c(C)cc(C(=O)N2CCC(=O)CC2)c(C)c1C. The minimum absolute atomic E-state index is 0.0175. The number of hydrogen-bond acceptors (Lipinski definition) is 3. The van der Waals surface area contributed by atoms with Gasteiger partial charge in [-0.15, -0.1) is 0 Å². The maximum Gasteiger partial charge on any atom is 0.254 e. The van der Waals surface area contributed by atoms with Crippen molar-refractivity contribution < 1.29 is 14.3 Å². The maximum atomic E-state index is 12.6. The number of amides is 1. The van der Waals surface area contributed by atoms with E-state index in [1.54, 1.807) is 12.0 Å². The Labute approximate surface area is 119 Å². The molecule has 108 valence electrons. The third-order valence-corrected chi connectivity index (χ3v) is 4.07. The van der Waals surface area contributed by atoms with Gasteiger partial charge in [-0.3, -0.25) is 9.59 Å². The number of carbonyl (C=O) groups excluding carboxylic acids is 2. The molecule has 0 bridgehead atoms. The zero-order valence-electron chi connectivity index (χ0n) is 12.6. The fraction of sp³-hybridized carbons (Fsp3) is 0.500. The summed E-state index contributed by atoms with van der Waals surface area (Å²) in [6.45, 7) is 6.92. The monoisotopic (exact) mass is 275 g/mol. The fourth-order valence-corrected chi connectivity index (χ4v) is 2.72. The number of ether oxygens (including phenoxy) is 1. The van der Waals surface area contributed by atoms with Gasteiger partial charge in [-0.1, -0.05) is 0 Å². The number of carbonyl (C=O) groups is 2. The highest BCUT2D eigenvalue weighted by Gasteiger charge is 2.24. The van der Waals surface area contributed by atoms with Crippen LogP contribution in [-0.2, 0) is 4.79 Å². The predicted molar refractivity (Wildman–Crippen MR) is 77.3 cm³/mol. The molecule has 1 aliphatic rings. The van der Waals surface area contributed by atoms with Crippen LogP contribution in [0.2, 0.25) is 0 Å². The molecule has 0 aromatic heterocycles. The lowest BCUT2D eigenvalue weighted by Crippen LogP contribution is -2.39. The Kier molecular flexibility index (Phi) is 4.12. The highest BCUT2D eigenvalue weighted by Crippen LogP contribution is 2.29. The summed E-state index contributed by atoms with van der Waals surface area (Å²) < 4.78 is 5.38. The Balaban J connectivity index is 2.33. The van der Waals surface area contributed by atoms with E-state index in [9.17, 15) is 9.59 Å². The maximum absolute atomic E-state index is 12.6. The molecule has 1 amide bonds. The molecule has 0 atom stereocenters. The topological polar surface area (TPSA) is 46.6 Å². The van der Waals surface area contributed by atoms with Gasteiger partial charge in [-0.25, -0.2) is 0 Å². The zero-order valence-corrected chi connectivity index (χ0v) is 12.6. The number of piperidine rings is 1. The second-order valence-corrected chi connectivity index (χ2v) is 5.36. The van der Waals surface area contributed by atoms with Crippen LogP contribution in [0, 0.1) is 20.8 Å². The van der Waals surface area contributed by atoms with E-state index in [0.29, 0.717) is 25.9 Å². The summed E-state index contributed by atoms with van der Waals surface area (Å²) in [5, 5.41) is 0. The third-order valence-electron chi connectivity index (χ3n) is 4.07. The Bertz CT molecular complexity index is 553. The summed E-state index contributed by atoms with van der Waals surface area (Å²) in [5.41, 5.74) is 3.64. The summed E-state index contributed by atoms with van der Waals surface area (Å²) in [7, 11) is 1.65. The largest absolute Gasteiger partial charge is 0.496 e. The number of methoxy groups -OCH3 is 1. The van der Waals surface area contributed by atoms with Gasteiger partial charge in [0.2, 0.25) is 0 Å². The number of aryl methyl sites for hydroxylation is 1. The summed E-state index contributed by atoms with van der Waals surface area (Å²) in [5.74, 6) is 1.10. The smallest absolute Gasteiger partial charge is 0.254 e. The van der Waals surface area contributed by atoms with Crippen molar-refractivity contribution in [1.29, 1.82) is 0 Å². The number of benzene rings is 1. The van der Waals surface area contributed by atoms with E-state index in [1.807, 2.05) is 26.8 Å². The standard InChI is InChI=1S/C16H21NO3/c1-10-9-14(11(2)12(3)15(10)20-4)16(19)17-7-5-13(18)6-8-17/h9H,5-8H2,1-4H3. The van der Waals surface area contributed by atoms with Crippen molar-refractivity contribution in [3.8, 4) is 5.75 Å². The van der Waals surface area contributed by atoms with Gasteiger partial charge in [0, 0.05) is 31.5 Å². The van der Waals surface area contributed by atoms with Gasteiger partial charge in [-0.2, -0.15) is 0 Å². The van der Waals surface area contributed by atoms with E-state index < -0.39 is 0 Å². The van der Waals surface area contributed by atoms with Crippen LogP contribution in [0.15, 0.2) is 6.07 Å². The van der Waals surface area contributed by atoms with Gasteiger partial charge in [-0.05, 0) is 43.5 Å². The third kappa shape index (κ3) is 2.55. The van der Waals surface area contributed by atoms with Crippen molar-refractivity contribution in [2.75, 3.05) is 20.2 Å². The molecule has 1 heterocycles. The molecule has 4 nitrogen and oxygen atoms in total. The first-order valence-corrected chi connectivity index (χ1v) is 6.91. The lowest BCUT2D eigenvalue weighted by atomic mass is 9.97. The van der Waals surface area contributed by atoms with E-state index >= 15 is 0 Å². The van der Waals surface area contributed by atoms with Crippen LogP contribution in [-0.4, -0.2) is 36.8 Å². The first-order valence-electron chi connectivity index (χ1n) is 6.91. The minimum Gasteiger partial charge on any atom is -0.496 e. The highest BCUT2D eigenvalue weighted by molar-refractivity contribution is 5.97. The van der Waals surface area contributed by atoms with Crippen LogP contribution in [0.3, 0.4) is 0 Å². The molecule has 1 fully saturated rings. The Morgan fingerprint density at radius 2 is 1.75 bits per heavy atom. The molecule has 0 aliphatic carbocycles. The molecule has 1 aliphatic heterocycles. The first kappa shape index (κ1) is 14.6.